The molecule has 4 heteroatoms. The quantitative estimate of drug-likeness (QED) is 0.563. The summed E-state index contributed by atoms with van der Waals surface area (Å²) in [7, 11) is 0. The van der Waals surface area contributed by atoms with Crippen molar-refractivity contribution < 1.29 is 0 Å². The Morgan fingerprint density at radius 1 is 1.54 bits per heavy atom. The van der Waals surface area contributed by atoms with Crippen LogP contribution in [0.2, 0.25) is 0 Å². The van der Waals surface area contributed by atoms with E-state index in [1.54, 1.807) is 6.33 Å². The summed E-state index contributed by atoms with van der Waals surface area (Å²) in [6.45, 7) is 3.18. The molecule has 3 nitrogen and oxygen atoms in total. The lowest BCUT2D eigenvalue weighted by Crippen LogP contribution is -2.03. The highest BCUT2D eigenvalue weighted by Crippen LogP contribution is 2.01. The number of aromatic nitrogens is 2. The van der Waals surface area contributed by atoms with Crippen molar-refractivity contribution in [1.29, 1.82) is 0 Å². The first-order valence-corrected chi connectivity index (χ1v) is 5.02. The summed E-state index contributed by atoms with van der Waals surface area (Å²) in [5.74, 6) is 0.955. The van der Waals surface area contributed by atoms with E-state index < -0.39 is 0 Å². The van der Waals surface area contributed by atoms with Gasteiger partial charge in [-0.05, 0) is 6.42 Å². The molecular formula is C9H15N3S. The third-order valence-corrected chi connectivity index (χ3v) is 2.00. The number of hydrogen-bond donors (Lipinski definition) is 2. The minimum atomic E-state index is 0.622. The second-order valence-corrected chi connectivity index (χ2v) is 3.35. The molecule has 0 aromatic carbocycles. The van der Waals surface area contributed by atoms with Gasteiger partial charge in [0.15, 0.2) is 0 Å². The normalized spacial score (nSPS) is 9.92. The van der Waals surface area contributed by atoms with Gasteiger partial charge in [0.05, 0.1) is 6.33 Å². The lowest BCUT2D eigenvalue weighted by molar-refractivity contribution is 0.742. The Balaban J connectivity index is 2.33. The summed E-state index contributed by atoms with van der Waals surface area (Å²) in [6.07, 6.45) is 5.32. The Labute approximate surface area is 83.6 Å². The fraction of sp³-hybridized carbons (Fsp3) is 0.556. The topological polar surface area (TPSA) is 40.7 Å². The molecule has 72 valence electrons. The molecule has 0 spiro atoms. The van der Waals surface area contributed by atoms with Crippen molar-refractivity contribution in [3.05, 3.63) is 17.0 Å². The average molecular weight is 197 g/mol. The second-order valence-electron chi connectivity index (χ2n) is 2.93. The maximum absolute atomic E-state index is 4.93. The van der Waals surface area contributed by atoms with Crippen LogP contribution < -0.4 is 5.32 Å². The lowest BCUT2D eigenvalue weighted by Gasteiger charge is -2.04. The van der Waals surface area contributed by atoms with Crippen LogP contribution in [0.15, 0.2) is 12.4 Å². The first-order chi connectivity index (χ1) is 6.33. The summed E-state index contributed by atoms with van der Waals surface area (Å²) < 4.78 is 0.622. The molecule has 1 aromatic heterocycles. The van der Waals surface area contributed by atoms with E-state index in [2.05, 4.69) is 22.2 Å². The van der Waals surface area contributed by atoms with Crippen LogP contribution in [0.4, 0.5) is 5.82 Å². The number of nitrogens with one attached hydrogen (secondary N) is 2. The van der Waals surface area contributed by atoms with Gasteiger partial charge >= 0.3 is 0 Å². The Hall–Kier alpha value is -0.900. The highest BCUT2D eigenvalue weighted by molar-refractivity contribution is 7.71. The zero-order chi connectivity index (χ0) is 9.52. The van der Waals surface area contributed by atoms with E-state index in [0.29, 0.717) is 4.64 Å². The van der Waals surface area contributed by atoms with Gasteiger partial charge in [-0.1, -0.05) is 32.0 Å². The van der Waals surface area contributed by atoms with Crippen LogP contribution in [0.3, 0.4) is 0 Å². The zero-order valence-electron chi connectivity index (χ0n) is 7.84. The van der Waals surface area contributed by atoms with Gasteiger partial charge in [0.2, 0.25) is 0 Å². The molecule has 1 aromatic rings. The van der Waals surface area contributed by atoms with Crippen LogP contribution >= 0.6 is 12.2 Å². The molecule has 0 bridgehead atoms. The van der Waals surface area contributed by atoms with Crippen LogP contribution in [-0.2, 0) is 0 Å². The van der Waals surface area contributed by atoms with Crippen molar-refractivity contribution in [2.45, 2.75) is 26.2 Å². The van der Waals surface area contributed by atoms with Crippen molar-refractivity contribution >= 4 is 18.0 Å². The maximum atomic E-state index is 4.93. The van der Waals surface area contributed by atoms with Gasteiger partial charge in [-0.15, -0.1) is 0 Å². The van der Waals surface area contributed by atoms with Gasteiger partial charge in [-0.25, -0.2) is 4.98 Å². The fourth-order valence-corrected chi connectivity index (χ4v) is 1.24. The van der Waals surface area contributed by atoms with E-state index in [-0.39, 0.29) is 0 Å². The highest BCUT2D eigenvalue weighted by Gasteiger charge is 1.90. The molecule has 0 aliphatic rings. The van der Waals surface area contributed by atoms with Crippen molar-refractivity contribution in [2.24, 2.45) is 0 Å². The van der Waals surface area contributed by atoms with Gasteiger partial charge < -0.3 is 10.3 Å². The van der Waals surface area contributed by atoms with Crippen molar-refractivity contribution in [2.75, 3.05) is 11.9 Å². The summed E-state index contributed by atoms with van der Waals surface area (Å²) in [4.78, 5) is 6.90. The second kappa shape index (κ2) is 5.70. The minimum absolute atomic E-state index is 0.622. The SMILES string of the molecule is CCCCCNc1cc(=S)nc[nH]1. The van der Waals surface area contributed by atoms with Crippen molar-refractivity contribution in [1.82, 2.24) is 9.97 Å². The van der Waals surface area contributed by atoms with Crippen molar-refractivity contribution in [3.8, 4) is 0 Å². The Kier molecular flexibility index (Phi) is 4.46. The molecule has 0 saturated carbocycles. The zero-order valence-corrected chi connectivity index (χ0v) is 8.66. The monoisotopic (exact) mass is 197 g/mol. The van der Waals surface area contributed by atoms with Crippen molar-refractivity contribution in [3.63, 3.8) is 0 Å². The predicted molar refractivity (Wildman–Crippen MR) is 57.4 cm³/mol. The Morgan fingerprint density at radius 2 is 2.38 bits per heavy atom. The van der Waals surface area contributed by atoms with Gasteiger partial charge in [-0.3, -0.25) is 0 Å². The summed E-state index contributed by atoms with van der Waals surface area (Å²) in [6, 6.07) is 1.83. The number of nitrogens with zero attached hydrogens (tertiary/aromatic N) is 1. The van der Waals surface area contributed by atoms with Crippen LogP contribution in [0.5, 0.6) is 0 Å². The molecule has 1 heterocycles. The molecule has 2 N–H and O–H groups in total. The van der Waals surface area contributed by atoms with Gasteiger partial charge in [0, 0.05) is 12.6 Å². The van der Waals surface area contributed by atoms with Gasteiger partial charge in [0.1, 0.15) is 10.5 Å². The summed E-state index contributed by atoms with van der Waals surface area (Å²) in [5.41, 5.74) is 0. The minimum Gasteiger partial charge on any atom is -0.372 e. The number of unbranched alkanes of at least 4 members (excludes halogenated alkanes) is 2. The lowest BCUT2D eigenvalue weighted by atomic mass is 10.2. The van der Waals surface area contributed by atoms with E-state index in [0.717, 1.165) is 12.4 Å². The standard InChI is InChI=1S/C9H15N3S/c1-2-3-4-5-10-8-6-9(13)12-7-11-8/h6-7H,2-5H2,1H3,(H2,10,11,12,13). The molecule has 0 atom stereocenters. The Morgan fingerprint density at radius 3 is 3.08 bits per heavy atom. The smallest absolute Gasteiger partial charge is 0.131 e. The molecule has 13 heavy (non-hydrogen) atoms. The largest absolute Gasteiger partial charge is 0.372 e. The molecule has 0 amide bonds. The van der Waals surface area contributed by atoms with Gasteiger partial charge in [-0.2, -0.15) is 0 Å². The average Bonchev–Trinajstić information content (AvgIpc) is 2.13. The maximum Gasteiger partial charge on any atom is 0.131 e. The summed E-state index contributed by atoms with van der Waals surface area (Å²) in [5, 5.41) is 3.26. The number of hydrogen-bond acceptors (Lipinski definition) is 3. The molecule has 0 aliphatic carbocycles. The first-order valence-electron chi connectivity index (χ1n) is 4.61. The molecule has 0 fully saturated rings. The molecule has 0 unspecified atom stereocenters. The molecule has 0 aliphatic heterocycles. The van der Waals surface area contributed by atoms with Crippen LogP contribution in [0.25, 0.3) is 0 Å². The highest BCUT2D eigenvalue weighted by atomic mass is 32.1. The van der Waals surface area contributed by atoms with Crippen LogP contribution in [0, 0.1) is 4.64 Å². The van der Waals surface area contributed by atoms with E-state index in [1.807, 2.05) is 6.07 Å². The van der Waals surface area contributed by atoms with E-state index in [1.165, 1.54) is 19.3 Å². The fourth-order valence-electron chi connectivity index (χ4n) is 1.07. The summed E-state index contributed by atoms with van der Waals surface area (Å²) >= 11 is 4.93. The van der Waals surface area contributed by atoms with E-state index in [9.17, 15) is 0 Å². The number of H-pyrrole nitrogens is 1. The molecular weight excluding hydrogens is 182 g/mol. The molecule has 0 radical (unpaired) electrons. The van der Waals surface area contributed by atoms with E-state index >= 15 is 0 Å². The number of rotatable bonds is 5. The number of aromatic amines is 1. The molecule has 0 saturated heterocycles. The van der Waals surface area contributed by atoms with Crippen LogP contribution in [-0.4, -0.2) is 16.5 Å². The molecule has 1 rings (SSSR count). The Bertz CT molecular complexity index is 295. The van der Waals surface area contributed by atoms with Gasteiger partial charge in [0.25, 0.3) is 0 Å². The third-order valence-electron chi connectivity index (χ3n) is 1.78. The predicted octanol–water partition coefficient (Wildman–Crippen LogP) is 2.74. The third kappa shape index (κ3) is 4.03. The van der Waals surface area contributed by atoms with E-state index in [4.69, 9.17) is 12.2 Å². The van der Waals surface area contributed by atoms with Crippen LogP contribution in [0.1, 0.15) is 26.2 Å². The number of anilines is 1. The first kappa shape index (κ1) is 10.2.